The van der Waals surface area contributed by atoms with Crippen molar-refractivity contribution in [3.05, 3.63) is 29.3 Å². The molecule has 2 nitrogen and oxygen atoms in total. The van der Waals surface area contributed by atoms with Gasteiger partial charge in [0, 0.05) is 11.4 Å². The molecule has 1 rings (SSSR count). The van der Waals surface area contributed by atoms with E-state index >= 15 is 0 Å². The van der Waals surface area contributed by atoms with Crippen LogP contribution in [0.1, 0.15) is 22.8 Å². The third kappa shape index (κ3) is 4.30. The van der Waals surface area contributed by atoms with Crippen molar-refractivity contribution >= 4 is 17.7 Å². The second-order valence-corrected chi connectivity index (χ2v) is 4.51. The Morgan fingerprint density at radius 3 is 2.59 bits per heavy atom. The number of carbonyl (C=O) groups is 1. The zero-order valence-corrected chi connectivity index (χ0v) is 10.2. The van der Waals surface area contributed by atoms with Crippen LogP contribution in [0.3, 0.4) is 0 Å². The lowest BCUT2D eigenvalue weighted by atomic mass is 10.1. The van der Waals surface area contributed by atoms with Gasteiger partial charge in [-0.25, -0.2) is 0 Å². The first-order valence-corrected chi connectivity index (χ1v) is 5.79. The minimum Gasteiger partial charge on any atom is -0.352 e. The average molecular weight is 263 g/mol. The molecule has 1 amide bonds. The van der Waals surface area contributed by atoms with Gasteiger partial charge in [-0.1, -0.05) is 11.6 Å². The smallest absolute Gasteiger partial charge is 0.352 e. The van der Waals surface area contributed by atoms with Gasteiger partial charge in [0.25, 0.3) is 5.91 Å². The molecule has 6 heteroatoms. The predicted octanol–water partition coefficient (Wildman–Crippen LogP) is 3.36. The van der Waals surface area contributed by atoms with Crippen molar-refractivity contribution in [1.82, 2.24) is 5.32 Å². The van der Waals surface area contributed by atoms with Crippen molar-refractivity contribution < 1.29 is 18.0 Å². The fourth-order valence-electron chi connectivity index (χ4n) is 1.29. The quantitative estimate of drug-likeness (QED) is 0.847. The first-order chi connectivity index (χ1) is 7.83. The van der Waals surface area contributed by atoms with Crippen molar-refractivity contribution in [2.75, 3.05) is 6.54 Å². The zero-order chi connectivity index (χ0) is 13.1. The van der Waals surface area contributed by atoms with Gasteiger partial charge < -0.3 is 5.32 Å². The Kier molecular flexibility index (Phi) is 4.45. The lowest BCUT2D eigenvalue weighted by Gasteiger charge is -2.11. The highest BCUT2D eigenvalue weighted by atomic mass is 32.2. The highest BCUT2D eigenvalue weighted by Gasteiger charge is 2.31. The van der Waals surface area contributed by atoms with E-state index in [4.69, 9.17) is 0 Å². The van der Waals surface area contributed by atoms with E-state index < -0.39 is 11.4 Å². The number of aryl methyl sites for hydroxylation is 1. The van der Waals surface area contributed by atoms with Crippen LogP contribution in [-0.2, 0) is 0 Å². The van der Waals surface area contributed by atoms with Crippen molar-refractivity contribution in [1.29, 1.82) is 0 Å². The van der Waals surface area contributed by atoms with E-state index in [-0.39, 0.29) is 22.2 Å². The van der Waals surface area contributed by atoms with E-state index in [0.717, 1.165) is 5.56 Å². The summed E-state index contributed by atoms with van der Waals surface area (Å²) in [6.07, 6.45) is 0. The molecular weight excluding hydrogens is 251 g/mol. The Balaban J connectivity index is 3.08. The number of thioether (sulfide) groups is 1. The van der Waals surface area contributed by atoms with Gasteiger partial charge in [0.05, 0.1) is 5.56 Å². The fraction of sp³-hybridized carbons (Fsp3) is 0.364. The maximum atomic E-state index is 12.3. The summed E-state index contributed by atoms with van der Waals surface area (Å²) < 4.78 is 36.9. The monoisotopic (exact) mass is 263 g/mol. The Hall–Kier alpha value is -1.17. The van der Waals surface area contributed by atoms with Gasteiger partial charge in [0.15, 0.2) is 0 Å². The number of halogens is 3. The molecule has 1 N–H and O–H groups in total. The maximum absolute atomic E-state index is 12.3. The van der Waals surface area contributed by atoms with Crippen LogP contribution < -0.4 is 5.32 Å². The van der Waals surface area contributed by atoms with Crippen molar-refractivity contribution in [2.45, 2.75) is 24.3 Å². The molecule has 0 fully saturated rings. The van der Waals surface area contributed by atoms with Crippen molar-refractivity contribution in [2.24, 2.45) is 0 Å². The number of alkyl halides is 3. The number of benzene rings is 1. The highest BCUT2D eigenvalue weighted by Crippen LogP contribution is 2.38. The molecule has 0 aliphatic heterocycles. The van der Waals surface area contributed by atoms with Gasteiger partial charge in [0.2, 0.25) is 0 Å². The third-order valence-corrected chi connectivity index (χ3v) is 2.75. The predicted molar refractivity (Wildman–Crippen MR) is 61.1 cm³/mol. The SMILES string of the molecule is CCNC(=O)c1cc(C)ccc1SC(F)(F)F. The van der Waals surface area contributed by atoms with E-state index in [2.05, 4.69) is 5.32 Å². The number of carbonyl (C=O) groups excluding carboxylic acids is 1. The summed E-state index contributed by atoms with van der Waals surface area (Å²) in [5.74, 6) is -0.483. The van der Waals surface area contributed by atoms with Crippen LogP contribution in [0.5, 0.6) is 0 Å². The summed E-state index contributed by atoms with van der Waals surface area (Å²) in [5, 5.41) is 2.50. The molecule has 1 aromatic rings. The van der Waals surface area contributed by atoms with Crippen molar-refractivity contribution in [3.8, 4) is 0 Å². The Bertz CT molecular complexity index is 418. The molecule has 0 spiro atoms. The second kappa shape index (κ2) is 5.44. The second-order valence-electron chi connectivity index (χ2n) is 3.41. The van der Waals surface area contributed by atoms with E-state index in [1.165, 1.54) is 12.1 Å². The van der Waals surface area contributed by atoms with Gasteiger partial charge in [0.1, 0.15) is 0 Å². The molecule has 0 saturated carbocycles. The Morgan fingerprint density at radius 1 is 1.41 bits per heavy atom. The van der Waals surface area contributed by atoms with E-state index in [1.54, 1.807) is 19.9 Å². The van der Waals surface area contributed by atoms with Crippen LogP contribution in [-0.4, -0.2) is 18.0 Å². The minimum atomic E-state index is -4.39. The Labute approximate surface area is 102 Å². The lowest BCUT2D eigenvalue weighted by molar-refractivity contribution is -0.0328. The van der Waals surface area contributed by atoms with Crippen molar-refractivity contribution in [3.63, 3.8) is 0 Å². The Morgan fingerprint density at radius 2 is 2.06 bits per heavy atom. The number of hydrogen-bond acceptors (Lipinski definition) is 2. The van der Waals surface area contributed by atoms with Gasteiger partial charge in [-0.15, -0.1) is 0 Å². The van der Waals surface area contributed by atoms with Gasteiger partial charge in [-0.2, -0.15) is 13.2 Å². The molecule has 17 heavy (non-hydrogen) atoms. The topological polar surface area (TPSA) is 29.1 Å². The zero-order valence-electron chi connectivity index (χ0n) is 9.39. The molecule has 0 saturated heterocycles. The molecule has 0 bridgehead atoms. The van der Waals surface area contributed by atoms with Crippen LogP contribution in [0.25, 0.3) is 0 Å². The van der Waals surface area contributed by atoms with Gasteiger partial charge in [-0.05, 0) is 37.7 Å². The van der Waals surface area contributed by atoms with E-state index in [9.17, 15) is 18.0 Å². The van der Waals surface area contributed by atoms with Crippen LogP contribution in [0.15, 0.2) is 23.1 Å². The third-order valence-electron chi connectivity index (χ3n) is 1.94. The molecule has 0 radical (unpaired) electrons. The first kappa shape index (κ1) is 13.9. The molecule has 0 aromatic heterocycles. The summed E-state index contributed by atoms with van der Waals surface area (Å²) in [4.78, 5) is 11.5. The molecule has 94 valence electrons. The highest BCUT2D eigenvalue weighted by molar-refractivity contribution is 8.00. The summed E-state index contributed by atoms with van der Waals surface area (Å²) in [6, 6.07) is 4.33. The summed E-state index contributed by atoms with van der Waals surface area (Å²) in [7, 11) is 0. The first-order valence-electron chi connectivity index (χ1n) is 4.98. The lowest BCUT2D eigenvalue weighted by Crippen LogP contribution is -2.23. The van der Waals surface area contributed by atoms with Crippen LogP contribution in [0.2, 0.25) is 0 Å². The van der Waals surface area contributed by atoms with Gasteiger partial charge >= 0.3 is 5.51 Å². The summed E-state index contributed by atoms with van der Waals surface area (Å²) in [6.45, 7) is 3.82. The maximum Gasteiger partial charge on any atom is 0.446 e. The van der Waals surface area contributed by atoms with Crippen LogP contribution >= 0.6 is 11.8 Å². The van der Waals surface area contributed by atoms with Crippen LogP contribution in [0.4, 0.5) is 13.2 Å². The van der Waals surface area contributed by atoms with E-state index in [1.807, 2.05) is 0 Å². The molecule has 0 atom stereocenters. The normalized spacial score (nSPS) is 11.4. The molecule has 0 heterocycles. The molecular formula is C11H12F3NOS. The summed E-state index contributed by atoms with van der Waals surface area (Å²) >= 11 is -0.271. The number of hydrogen-bond donors (Lipinski definition) is 1. The largest absolute Gasteiger partial charge is 0.446 e. The number of amides is 1. The minimum absolute atomic E-state index is 0.0641. The molecule has 0 aliphatic carbocycles. The van der Waals surface area contributed by atoms with E-state index in [0.29, 0.717) is 6.54 Å². The standard InChI is InChI=1S/C11H12F3NOS/c1-3-15-10(16)8-6-7(2)4-5-9(8)17-11(12,13)14/h4-6H,3H2,1-2H3,(H,15,16). The fourth-order valence-corrected chi connectivity index (χ4v) is 1.94. The molecule has 1 aromatic carbocycles. The summed E-state index contributed by atoms with van der Waals surface area (Å²) in [5.41, 5.74) is -3.58. The number of nitrogens with one attached hydrogen (secondary N) is 1. The molecule has 0 unspecified atom stereocenters. The van der Waals surface area contributed by atoms with Crippen LogP contribution in [0, 0.1) is 6.92 Å². The average Bonchev–Trinajstić information content (AvgIpc) is 2.19. The van der Waals surface area contributed by atoms with Gasteiger partial charge in [-0.3, -0.25) is 4.79 Å². The molecule has 0 aliphatic rings. The number of rotatable bonds is 3.